The van der Waals surface area contributed by atoms with E-state index in [-0.39, 0.29) is 17.1 Å². The normalized spacial score (nSPS) is 15.1. The van der Waals surface area contributed by atoms with Gasteiger partial charge in [0.15, 0.2) is 0 Å². The first-order valence-electron chi connectivity index (χ1n) is 9.92. The Morgan fingerprint density at radius 1 is 1.07 bits per heavy atom. The zero-order chi connectivity index (χ0) is 20.9. The first kappa shape index (κ1) is 21.3. The summed E-state index contributed by atoms with van der Waals surface area (Å²) in [6.45, 7) is 5.26. The van der Waals surface area contributed by atoms with Crippen LogP contribution in [0.2, 0.25) is 0 Å². The van der Waals surface area contributed by atoms with Crippen LogP contribution in [-0.2, 0) is 21.4 Å². The summed E-state index contributed by atoms with van der Waals surface area (Å²) < 4.78 is 38.4. The molecule has 0 amide bonds. The lowest BCUT2D eigenvalue weighted by atomic mass is 10.1. The molecule has 7 heteroatoms. The monoisotopic (exact) mass is 417 g/mol. The first-order chi connectivity index (χ1) is 13.9. The van der Waals surface area contributed by atoms with E-state index in [0.717, 1.165) is 24.8 Å². The van der Waals surface area contributed by atoms with Crippen molar-refractivity contribution >= 4 is 16.0 Å². The molecule has 29 heavy (non-hydrogen) atoms. The summed E-state index contributed by atoms with van der Waals surface area (Å²) in [6.07, 6.45) is 2.76. The lowest BCUT2D eigenvalue weighted by molar-refractivity contribution is 0.0468. The molecule has 6 nitrogen and oxygen atoms in total. The van der Waals surface area contributed by atoms with Crippen molar-refractivity contribution in [1.29, 1.82) is 0 Å². The summed E-state index contributed by atoms with van der Waals surface area (Å²) in [6, 6.07) is 12.0. The smallest absolute Gasteiger partial charge is 0.338 e. The molecule has 156 valence electrons. The van der Waals surface area contributed by atoms with Crippen LogP contribution in [0.1, 0.15) is 47.7 Å². The average molecular weight is 418 g/mol. The Morgan fingerprint density at radius 3 is 2.52 bits per heavy atom. The summed E-state index contributed by atoms with van der Waals surface area (Å²) in [5, 5.41) is 0. The van der Waals surface area contributed by atoms with Crippen molar-refractivity contribution in [3.8, 4) is 5.75 Å². The van der Waals surface area contributed by atoms with E-state index in [1.165, 1.54) is 10.4 Å². The zero-order valence-corrected chi connectivity index (χ0v) is 17.7. The molecule has 0 aliphatic carbocycles. The molecule has 2 aromatic carbocycles. The van der Waals surface area contributed by atoms with Gasteiger partial charge in [-0.25, -0.2) is 13.2 Å². The summed E-state index contributed by atoms with van der Waals surface area (Å²) in [4.78, 5) is 12.8. The van der Waals surface area contributed by atoms with Crippen LogP contribution in [0.15, 0.2) is 47.4 Å². The summed E-state index contributed by atoms with van der Waals surface area (Å²) in [7, 11) is -3.61. The molecule has 0 aromatic heterocycles. The van der Waals surface area contributed by atoms with Crippen molar-refractivity contribution in [2.75, 3.05) is 19.7 Å². The second-order valence-corrected chi connectivity index (χ2v) is 9.00. The van der Waals surface area contributed by atoms with Crippen LogP contribution in [0.25, 0.3) is 0 Å². The van der Waals surface area contributed by atoms with Crippen LogP contribution in [0, 0.1) is 6.92 Å². The van der Waals surface area contributed by atoms with Gasteiger partial charge in [0, 0.05) is 18.7 Å². The fraction of sp³-hybridized carbons (Fsp3) is 0.409. The van der Waals surface area contributed by atoms with Gasteiger partial charge in [0.25, 0.3) is 0 Å². The summed E-state index contributed by atoms with van der Waals surface area (Å²) in [5.74, 6) is 0.116. The minimum atomic E-state index is -3.61. The maximum Gasteiger partial charge on any atom is 0.338 e. The number of nitrogens with zero attached hydrogens (tertiary/aromatic N) is 1. The molecule has 1 fully saturated rings. The molecule has 1 saturated heterocycles. The highest BCUT2D eigenvalue weighted by Gasteiger charge is 2.27. The zero-order valence-electron chi connectivity index (χ0n) is 16.9. The number of aryl methyl sites for hydroxylation is 1. The van der Waals surface area contributed by atoms with Crippen molar-refractivity contribution in [2.45, 2.75) is 44.6 Å². The van der Waals surface area contributed by atoms with E-state index in [4.69, 9.17) is 9.47 Å². The maximum atomic E-state index is 12.9. The fourth-order valence-corrected chi connectivity index (χ4v) is 4.92. The molecule has 2 aromatic rings. The van der Waals surface area contributed by atoms with E-state index in [0.29, 0.717) is 31.0 Å². The number of esters is 1. The highest BCUT2D eigenvalue weighted by atomic mass is 32.2. The number of carbonyl (C=O) groups is 1. The van der Waals surface area contributed by atoms with Gasteiger partial charge < -0.3 is 9.47 Å². The molecule has 0 radical (unpaired) electrons. The van der Waals surface area contributed by atoms with Crippen molar-refractivity contribution in [1.82, 2.24) is 4.31 Å². The largest absolute Gasteiger partial charge is 0.493 e. The highest BCUT2D eigenvalue weighted by molar-refractivity contribution is 7.89. The van der Waals surface area contributed by atoms with E-state index < -0.39 is 16.0 Å². The molecule has 3 rings (SSSR count). The molecule has 0 atom stereocenters. The molecular weight excluding hydrogens is 390 g/mol. The van der Waals surface area contributed by atoms with Crippen LogP contribution < -0.4 is 4.74 Å². The van der Waals surface area contributed by atoms with Gasteiger partial charge in [0.1, 0.15) is 12.4 Å². The van der Waals surface area contributed by atoms with Crippen molar-refractivity contribution in [3.63, 3.8) is 0 Å². The molecule has 0 unspecified atom stereocenters. The maximum absolute atomic E-state index is 12.9. The standard InChI is InChI=1S/C22H27NO5S/c1-3-27-21-10-6-5-9-18(21)16-28-22(24)20-15-19(12-11-17(20)2)29(25,26)23-13-7-4-8-14-23/h5-6,9-12,15H,3-4,7-8,13-14,16H2,1-2H3. The number of ether oxygens (including phenoxy) is 2. The Balaban J connectivity index is 1.78. The van der Waals surface area contributed by atoms with E-state index in [1.54, 1.807) is 19.1 Å². The third-order valence-electron chi connectivity index (χ3n) is 5.01. The fourth-order valence-electron chi connectivity index (χ4n) is 3.38. The van der Waals surface area contributed by atoms with Crippen molar-refractivity contribution in [2.24, 2.45) is 0 Å². The molecule has 1 heterocycles. The molecule has 0 bridgehead atoms. The van der Waals surface area contributed by atoms with Gasteiger partial charge in [0.05, 0.1) is 17.1 Å². The number of benzene rings is 2. The number of hydrogen-bond donors (Lipinski definition) is 0. The average Bonchev–Trinajstić information content (AvgIpc) is 2.74. The van der Waals surface area contributed by atoms with Crippen LogP contribution in [-0.4, -0.2) is 38.4 Å². The molecule has 1 aliphatic heterocycles. The Morgan fingerprint density at radius 2 is 1.79 bits per heavy atom. The van der Waals surface area contributed by atoms with Crippen molar-refractivity contribution in [3.05, 3.63) is 59.2 Å². The third kappa shape index (κ3) is 4.97. The van der Waals surface area contributed by atoms with Crippen LogP contribution >= 0.6 is 0 Å². The topological polar surface area (TPSA) is 72.9 Å². The van der Waals surface area contributed by atoms with E-state index in [2.05, 4.69) is 0 Å². The van der Waals surface area contributed by atoms with Crippen LogP contribution in [0.4, 0.5) is 0 Å². The number of piperidine rings is 1. The quantitative estimate of drug-likeness (QED) is 0.639. The number of sulfonamides is 1. The number of para-hydroxylation sites is 1. The number of rotatable bonds is 7. The summed E-state index contributed by atoms with van der Waals surface area (Å²) >= 11 is 0. The number of carbonyl (C=O) groups excluding carboxylic acids is 1. The second-order valence-electron chi connectivity index (χ2n) is 7.06. The second kappa shape index (κ2) is 9.41. The highest BCUT2D eigenvalue weighted by Crippen LogP contribution is 2.24. The SMILES string of the molecule is CCOc1ccccc1COC(=O)c1cc(S(=O)(=O)N2CCCCC2)ccc1C. The van der Waals surface area contributed by atoms with Crippen molar-refractivity contribution < 1.29 is 22.7 Å². The summed E-state index contributed by atoms with van der Waals surface area (Å²) in [5.41, 5.74) is 1.69. The predicted molar refractivity (Wildman–Crippen MR) is 111 cm³/mol. The first-order valence-corrected chi connectivity index (χ1v) is 11.4. The molecule has 0 spiro atoms. The lowest BCUT2D eigenvalue weighted by Crippen LogP contribution is -2.35. The van der Waals surface area contributed by atoms with Gasteiger partial charge in [-0.05, 0) is 50.5 Å². The predicted octanol–water partition coefficient (Wildman–Crippen LogP) is 3.93. The minimum absolute atomic E-state index is 0.0531. The van der Waals surface area contributed by atoms with Gasteiger partial charge in [-0.3, -0.25) is 0 Å². The van der Waals surface area contributed by atoms with E-state index in [9.17, 15) is 13.2 Å². The van der Waals surface area contributed by atoms with E-state index >= 15 is 0 Å². The van der Waals surface area contributed by atoms with Crippen LogP contribution in [0.5, 0.6) is 5.75 Å². The van der Waals surface area contributed by atoms with Gasteiger partial charge in [-0.2, -0.15) is 4.31 Å². The molecular formula is C22H27NO5S. The Labute approximate surface area is 172 Å². The lowest BCUT2D eigenvalue weighted by Gasteiger charge is -2.26. The Bertz CT molecular complexity index is 965. The van der Waals surface area contributed by atoms with E-state index in [1.807, 2.05) is 31.2 Å². The number of hydrogen-bond acceptors (Lipinski definition) is 5. The Hall–Kier alpha value is -2.38. The van der Waals surface area contributed by atoms with Gasteiger partial charge in [-0.15, -0.1) is 0 Å². The van der Waals surface area contributed by atoms with Crippen LogP contribution in [0.3, 0.4) is 0 Å². The van der Waals surface area contributed by atoms with Gasteiger partial charge >= 0.3 is 5.97 Å². The molecule has 0 N–H and O–H groups in total. The van der Waals surface area contributed by atoms with Gasteiger partial charge in [-0.1, -0.05) is 30.7 Å². The molecule has 0 saturated carbocycles. The van der Waals surface area contributed by atoms with Gasteiger partial charge in [0.2, 0.25) is 10.0 Å². The third-order valence-corrected chi connectivity index (χ3v) is 6.91. The molecule has 1 aliphatic rings. The Kier molecular flexibility index (Phi) is 6.92. The minimum Gasteiger partial charge on any atom is -0.493 e.